The monoisotopic (exact) mass is 613 g/mol. The van der Waals surface area contributed by atoms with E-state index in [1.54, 1.807) is 35.9 Å². The number of piperazine rings is 1. The highest BCUT2D eigenvalue weighted by atomic mass is 19.2. The summed E-state index contributed by atoms with van der Waals surface area (Å²) in [7, 11) is 0. The van der Waals surface area contributed by atoms with Gasteiger partial charge < -0.3 is 15.5 Å². The highest BCUT2D eigenvalue weighted by molar-refractivity contribution is 5.91. The summed E-state index contributed by atoms with van der Waals surface area (Å²) in [5, 5.41) is -0.0177. The van der Waals surface area contributed by atoms with Crippen molar-refractivity contribution in [3.8, 4) is 16.9 Å². The third kappa shape index (κ3) is 4.83. The molecule has 4 heterocycles. The minimum absolute atomic E-state index is 0.00939. The summed E-state index contributed by atoms with van der Waals surface area (Å²) in [5.41, 5.74) is 1.74. The predicted octanol–water partition coefficient (Wildman–Crippen LogP) is 4.78. The quantitative estimate of drug-likeness (QED) is 0.114. The number of hydrogen-bond donors (Lipinski definition) is 1. The molecule has 1 aliphatic heterocycles. The van der Waals surface area contributed by atoms with Crippen molar-refractivity contribution in [2.45, 2.75) is 39.7 Å². The van der Waals surface area contributed by atoms with Gasteiger partial charge in [0.1, 0.15) is 17.2 Å². The van der Waals surface area contributed by atoms with Crippen LogP contribution in [0, 0.1) is 36.0 Å². The normalized spacial score (nSPS) is 15.4. The molecule has 1 amide bonds. The van der Waals surface area contributed by atoms with Crippen molar-refractivity contribution in [3.63, 3.8) is 0 Å². The molecule has 2 N–H and O–H groups in total. The van der Waals surface area contributed by atoms with Crippen LogP contribution in [-0.4, -0.2) is 56.0 Å². The van der Waals surface area contributed by atoms with E-state index in [4.69, 9.17) is 5.73 Å². The molecule has 0 aliphatic carbocycles. The van der Waals surface area contributed by atoms with Gasteiger partial charge in [-0.3, -0.25) is 9.78 Å². The largest absolute Gasteiger partial charge is 0.394 e. The first-order valence-corrected chi connectivity index (χ1v) is 13.7. The maximum Gasteiger partial charge on any atom is 0.355 e. The van der Waals surface area contributed by atoms with Crippen LogP contribution in [-0.2, 0) is 4.79 Å². The lowest BCUT2D eigenvalue weighted by atomic mass is 10.0. The number of aromatic nitrogens is 4. The number of benzene rings is 1. The first kappa shape index (κ1) is 30.6. The molecule has 1 atom stereocenters. The van der Waals surface area contributed by atoms with E-state index in [0.29, 0.717) is 11.3 Å². The Morgan fingerprint density at radius 3 is 2.43 bits per heavy atom. The van der Waals surface area contributed by atoms with Crippen LogP contribution in [0.2, 0.25) is 0 Å². The summed E-state index contributed by atoms with van der Waals surface area (Å²) in [6.45, 7) is 11.3. The molecule has 9 nitrogen and oxygen atoms in total. The van der Waals surface area contributed by atoms with Crippen LogP contribution in [0.25, 0.3) is 28.0 Å². The van der Waals surface area contributed by atoms with E-state index in [2.05, 4.69) is 21.5 Å². The number of fused-ring (bicyclic) bond motifs is 1. The van der Waals surface area contributed by atoms with Crippen LogP contribution in [0.3, 0.4) is 0 Å². The Bertz CT molecular complexity index is 1880. The molecule has 0 bridgehead atoms. The molecule has 0 unspecified atom stereocenters. The molecule has 5 rings (SSSR count). The van der Waals surface area contributed by atoms with Crippen LogP contribution in [0.1, 0.15) is 37.9 Å². The van der Waals surface area contributed by atoms with Gasteiger partial charge >= 0.3 is 5.69 Å². The topological polar surface area (TPSA) is 110 Å². The van der Waals surface area contributed by atoms with Gasteiger partial charge in [0.15, 0.2) is 34.7 Å². The standard InChI is InChI=1S/C30H28F5N7O2/c1-6-18(43)41-10-9-40(12-15(41)5)28-16-11-17(31)26(19-20(32)22(34)23(35)24(36)21(19)33)38-29(16)42(30(44)39-28)27-14(4)7-8-37-25(27)13(2)3/h6-8,11,13,15H,1,9-10,12,36H2,2-5H3/t15-/m1/s1. The van der Waals surface area contributed by atoms with Crippen molar-refractivity contribution in [1.29, 1.82) is 0 Å². The van der Waals surface area contributed by atoms with Gasteiger partial charge in [-0.05, 0) is 43.5 Å². The maximum atomic E-state index is 15.8. The summed E-state index contributed by atoms with van der Waals surface area (Å²) >= 11 is 0. The Labute approximate surface area is 248 Å². The van der Waals surface area contributed by atoms with E-state index in [1.165, 1.54) is 6.08 Å². The lowest BCUT2D eigenvalue weighted by Gasteiger charge is -2.40. The van der Waals surface area contributed by atoms with E-state index in [1.807, 2.05) is 13.8 Å². The van der Waals surface area contributed by atoms with Crippen molar-refractivity contribution in [2.75, 3.05) is 30.3 Å². The van der Waals surface area contributed by atoms with E-state index < -0.39 is 51.7 Å². The number of carbonyl (C=O) groups is 1. The predicted molar refractivity (Wildman–Crippen MR) is 155 cm³/mol. The summed E-state index contributed by atoms with van der Waals surface area (Å²) in [6, 6.07) is 2.15. The average molecular weight is 614 g/mol. The molecule has 3 aromatic heterocycles. The summed E-state index contributed by atoms with van der Waals surface area (Å²) in [4.78, 5) is 42.3. The molecular weight excluding hydrogens is 585 g/mol. The summed E-state index contributed by atoms with van der Waals surface area (Å²) < 4.78 is 75.4. The fourth-order valence-electron chi connectivity index (χ4n) is 5.46. The number of rotatable bonds is 5. The second-order valence-corrected chi connectivity index (χ2v) is 10.8. The fourth-order valence-corrected chi connectivity index (χ4v) is 5.46. The van der Waals surface area contributed by atoms with Crippen LogP contribution in [0.4, 0.5) is 33.5 Å². The minimum atomic E-state index is -2.11. The molecule has 1 saturated heterocycles. The third-order valence-electron chi connectivity index (χ3n) is 7.65. The van der Waals surface area contributed by atoms with Gasteiger partial charge in [0.25, 0.3) is 0 Å². The minimum Gasteiger partial charge on any atom is -0.394 e. The van der Waals surface area contributed by atoms with E-state index in [0.717, 1.165) is 10.6 Å². The lowest BCUT2D eigenvalue weighted by molar-refractivity contribution is -0.128. The number of carbonyl (C=O) groups excluding carboxylic acids is 1. The van der Waals surface area contributed by atoms with Gasteiger partial charge in [-0.1, -0.05) is 20.4 Å². The molecule has 0 saturated carbocycles. The number of aryl methyl sites for hydroxylation is 1. The van der Waals surface area contributed by atoms with Gasteiger partial charge in [0.05, 0.1) is 22.3 Å². The number of anilines is 2. The Balaban J connectivity index is 1.86. The Morgan fingerprint density at radius 2 is 1.80 bits per heavy atom. The highest BCUT2D eigenvalue weighted by Gasteiger charge is 2.32. The van der Waals surface area contributed by atoms with Crippen LogP contribution in [0.15, 0.2) is 35.8 Å². The first-order valence-electron chi connectivity index (χ1n) is 13.7. The number of halogens is 5. The number of nitrogens with two attached hydrogens (primary N) is 1. The first-order chi connectivity index (χ1) is 20.8. The second-order valence-electron chi connectivity index (χ2n) is 10.8. The van der Waals surface area contributed by atoms with E-state index in [9.17, 15) is 22.8 Å². The Morgan fingerprint density at radius 1 is 1.09 bits per heavy atom. The van der Waals surface area contributed by atoms with Gasteiger partial charge in [-0.2, -0.15) is 4.98 Å². The molecule has 0 spiro atoms. The number of nitrogens with zero attached hydrogens (tertiary/aromatic N) is 6. The zero-order valence-corrected chi connectivity index (χ0v) is 24.3. The lowest BCUT2D eigenvalue weighted by Crippen LogP contribution is -2.54. The molecule has 1 fully saturated rings. The average Bonchev–Trinajstić information content (AvgIpc) is 2.99. The highest BCUT2D eigenvalue weighted by Crippen LogP contribution is 2.37. The molecular formula is C30H28F5N7O2. The van der Waals surface area contributed by atoms with Crippen molar-refractivity contribution in [2.24, 2.45) is 0 Å². The van der Waals surface area contributed by atoms with Gasteiger partial charge in [0.2, 0.25) is 5.91 Å². The van der Waals surface area contributed by atoms with Crippen LogP contribution >= 0.6 is 0 Å². The van der Waals surface area contributed by atoms with E-state index in [-0.39, 0.29) is 60.0 Å². The van der Waals surface area contributed by atoms with Gasteiger partial charge in [-0.15, -0.1) is 0 Å². The maximum absolute atomic E-state index is 15.8. The molecule has 1 aromatic carbocycles. The molecule has 0 radical (unpaired) electrons. The zero-order valence-electron chi connectivity index (χ0n) is 24.3. The number of nitrogen functional groups attached to an aromatic ring is 1. The molecule has 14 heteroatoms. The molecule has 4 aromatic rings. The molecule has 230 valence electrons. The second kappa shape index (κ2) is 11.3. The van der Waals surface area contributed by atoms with Crippen molar-refractivity contribution in [1.82, 2.24) is 24.4 Å². The number of amides is 1. The van der Waals surface area contributed by atoms with Gasteiger partial charge in [0, 0.05) is 31.9 Å². The number of hydrogen-bond acceptors (Lipinski definition) is 7. The number of pyridine rings is 2. The van der Waals surface area contributed by atoms with Gasteiger partial charge in [-0.25, -0.2) is 36.3 Å². The Hall–Kier alpha value is -4.88. The third-order valence-corrected chi connectivity index (χ3v) is 7.65. The van der Waals surface area contributed by atoms with Crippen molar-refractivity contribution < 1.29 is 26.7 Å². The van der Waals surface area contributed by atoms with Crippen LogP contribution < -0.4 is 16.3 Å². The molecule has 44 heavy (non-hydrogen) atoms. The van der Waals surface area contributed by atoms with Crippen LogP contribution in [0.5, 0.6) is 0 Å². The summed E-state index contributed by atoms with van der Waals surface area (Å²) in [6.07, 6.45) is 2.73. The van der Waals surface area contributed by atoms with Crippen molar-refractivity contribution >= 4 is 28.4 Å². The van der Waals surface area contributed by atoms with Crippen molar-refractivity contribution in [3.05, 3.63) is 81.8 Å². The molecule has 1 aliphatic rings. The zero-order chi connectivity index (χ0) is 32.2. The van der Waals surface area contributed by atoms with E-state index >= 15 is 8.78 Å². The SMILES string of the molecule is C=CC(=O)N1CCN(c2nc(=O)n(-c3c(C)ccnc3C(C)C)c3nc(-c4c(F)c(N)c(F)c(F)c4F)c(F)cc23)C[C@H]1C. The Kier molecular flexibility index (Phi) is 7.87. The summed E-state index contributed by atoms with van der Waals surface area (Å²) in [5.74, 6) is -9.68. The fraction of sp³-hybridized carbons (Fsp3) is 0.300. The smallest absolute Gasteiger partial charge is 0.355 e.